The molecule has 88 valence electrons. The normalized spacial score (nSPS) is 10.1. The summed E-state index contributed by atoms with van der Waals surface area (Å²) in [6.45, 7) is 0.710. The molecular weight excluding hydrogens is 248 g/mol. The van der Waals surface area contributed by atoms with Crippen molar-refractivity contribution in [3.63, 3.8) is 0 Å². The van der Waals surface area contributed by atoms with Crippen molar-refractivity contribution < 1.29 is 4.92 Å². The minimum atomic E-state index is -0.459. The maximum atomic E-state index is 10.8. The van der Waals surface area contributed by atoms with Crippen molar-refractivity contribution in [1.29, 1.82) is 0 Å². The van der Waals surface area contributed by atoms with Crippen LogP contribution in [0.1, 0.15) is 6.42 Å². The van der Waals surface area contributed by atoms with Gasteiger partial charge in [-0.1, -0.05) is 17.7 Å². The molecule has 0 atom stereocenters. The zero-order valence-electron chi connectivity index (χ0n) is 8.90. The number of nitrogens with one attached hydrogen (secondary N) is 1. The topological polar surface area (TPSA) is 55.2 Å². The van der Waals surface area contributed by atoms with Crippen molar-refractivity contribution in [2.45, 2.75) is 6.42 Å². The molecule has 0 aliphatic heterocycles. The van der Waals surface area contributed by atoms with Gasteiger partial charge >= 0.3 is 5.69 Å². The van der Waals surface area contributed by atoms with Crippen LogP contribution in [0.2, 0.25) is 5.02 Å². The van der Waals surface area contributed by atoms with Gasteiger partial charge in [-0.25, -0.2) is 0 Å². The highest BCUT2D eigenvalue weighted by atomic mass is 35.5. The molecule has 0 aliphatic rings. The molecule has 1 aromatic rings. The molecule has 6 heteroatoms. The molecule has 0 saturated carbocycles. The molecule has 16 heavy (non-hydrogen) atoms. The minimum Gasteiger partial charge on any atom is -0.379 e. The third-order valence-corrected chi connectivity index (χ3v) is 3.01. The smallest absolute Gasteiger partial charge is 0.310 e. The highest BCUT2D eigenvalue weighted by Crippen LogP contribution is 2.32. The maximum Gasteiger partial charge on any atom is 0.310 e. The van der Waals surface area contributed by atoms with E-state index >= 15 is 0 Å². The van der Waals surface area contributed by atoms with Crippen LogP contribution in [0.5, 0.6) is 0 Å². The Balaban J connectivity index is 2.71. The number of para-hydroxylation sites is 1. The molecule has 0 amide bonds. The second-order valence-electron chi connectivity index (χ2n) is 3.17. The molecule has 1 N–H and O–H groups in total. The summed E-state index contributed by atoms with van der Waals surface area (Å²) in [4.78, 5) is 10.3. The lowest BCUT2D eigenvalue weighted by atomic mass is 10.2. The third kappa shape index (κ3) is 3.57. The molecule has 0 fully saturated rings. The average Bonchev–Trinajstić information content (AvgIpc) is 2.24. The minimum absolute atomic E-state index is 0.0479. The summed E-state index contributed by atoms with van der Waals surface area (Å²) in [5.41, 5.74) is 0.437. The van der Waals surface area contributed by atoms with Crippen molar-refractivity contribution >= 4 is 34.7 Å². The van der Waals surface area contributed by atoms with E-state index in [1.165, 1.54) is 6.07 Å². The first-order valence-electron chi connectivity index (χ1n) is 4.82. The van der Waals surface area contributed by atoms with Gasteiger partial charge in [-0.3, -0.25) is 10.1 Å². The fourth-order valence-electron chi connectivity index (χ4n) is 1.28. The highest BCUT2D eigenvalue weighted by Gasteiger charge is 2.17. The zero-order valence-corrected chi connectivity index (χ0v) is 10.5. The monoisotopic (exact) mass is 260 g/mol. The number of anilines is 1. The molecule has 0 unspecified atom stereocenters. The summed E-state index contributed by atoms with van der Waals surface area (Å²) in [6.07, 6.45) is 2.99. The summed E-state index contributed by atoms with van der Waals surface area (Å²) >= 11 is 7.53. The lowest BCUT2D eigenvalue weighted by Crippen LogP contribution is -2.05. The van der Waals surface area contributed by atoms with Gasteiger partial charge in [0.2, 0.25) is 0 Å². The maximum absolute atomic E-state index is 10.8. The first kappa shape index (κ1) is 13.1. The standard InChI is InChI=1S/C10H13ClN2O2S/c1-16-7-3-6-12-9-5-2-4-8(11)10(9)13(14)15/h2,4-5,12H,3,6-7H2,1H3. The van der Waals surface area contributed by atoms with Crippen LogP contribution in [-0.4, -0.2) is 23.5 Å². The van der Waals surface area contributed by atoms with Gasteiger partial charge in [0.05, 0.1) is 4.92 Å². The Labute approximate surface area is 104 Å². The van der Waals surface area contributed by atoms with Crippen molar-refractivity contribution in [3.8, 4) is 0 Å². The molecule has 0 heterocycles. The van der Waals surface area contributed by atoms with Crippen LogP contribution in [0.4, 0.5) is 11.4 Å². The Bertz CT molecular complexity index is 374. The predicted molar refractivity (Wildman–Crippen MR) is 69.6 cm³/mol. The molecule has 1 rings (SSSR count). The van der Waals surface area contributed by atoms with Crippen LogP contribution < -0.4 is 5.32 Å². The van der Waals surface area contributed by atoms with Crippen LogP contribution in [0.25, 0.3) is 0 Å². The van der Waals surface area contributed by atoms with Gasteiger partial charge in [0.25, 0.3) is 0 Å². The number of halogens is 1. The Hall–Kier alpha value is -0.940. The van der Waals surface area contributed by atoms with Crippen LogP contribution in [-0.2, 0) is 0 Å². The lowest BCUT2D eigenvalue weighted by molar-refractivity contribution is -0.383. The van der Waals surface area contributed by atoms with E-state index in [0.717, 1.165) is 12.2 Å². The Morgan fingerprint density at radius 3 is 2.94 bits per heavy atom. The third-order valence-electron chi connectivity index (χ3n) is 2.01. The Morgan fingerprint density at radius 1 is 1.56 bits per heavy atom. The molecule has 0 aliphatic carbocycles. The number of rotatable bonds is 6. The number of hydrogen-bond acceptors (Lipinski definition) is 4. The zero-order chi connectivity index (χ0) is 12.0. The molecule has 4 nitrogen and oxygen atoms in total. The molecule has 0 spiro atoms. The number of benzene rings is 1. The first-order chi connectivity index (χ1) is 7.66. The van der Waals surface area contributed by atoms with E-state index in [1.807, 2.05) is 6.26 Å². The number of nitro benzene ring substituents is 1. The van der Waals surface area contributed by atoms with Crippen molar-refractivity contribution in [2.24, 2.45) is 0 Å². The van der Waals surface area contributed by atoms with Crippen molar-refractivity contribution in [3.05, 3.63) is 33.3 Å². The van der Waals surface area contributed by atoms with Gasteiger partial charge in [0, 0.05) is 6.54 Å². The summed E-state index contributed by atoms with van der Waals surface area (Å²) in [6, 6.07) is 4.89. The first-order valence-corrected chi connectivity index (χ1v) is 6.59. The van der Waals surface area contributed by atoms with E-state index in [1.54, 1.807) is 23.9 Å². The Kier molecular flexibility index (Phi) is 5.42. The van der Waals surface area contributed by atoms with E-state index < -0.39 is 4.92 Å². The second-order valence-corrected chi connectivity index (χ2v) is 4.56. The lowest BCUT2D eigenvalue weighted by Gasteiger charge is -2.07. The molecular formula is C10H13ClN2O2S. The number of thioether (sulfide) groups is 1. The largest absolute Gasteiger partial charge is 0.379 e. The van der Waals surface area contributed by atoms with Gasteiger partial charge in [-0.15, -0.1) is 0 Å². The summed E-state index contributed by atoms with van der Waals surface area (Å²) in [7, 11) is 0. The van der Waals surface area contributed by atoms with Gasteiger partial charge in [-0.05, 0) is 30.6 Å². The van der Waals surface area contributed by atoms with Crippen LogP contribution in [0.3, 0.4) is 0 Å². The summed E-state index contributed by atoms with van der Waals surface area (Å²) in [5, 5.41) is 14.0. The fourth-order valence-corrected chi connectivity index (χ4v) is 1.96. The van der Waals surface area contributed by atoms with Crippen LogP contribution in [0, 0.1) is 10.1 Å². The molecule has 0 radical (unpaired) electrons. The van der Waals surface area contributed by atoms with Crippen molar-refractivity contribution in [2.75, 3.05) is 23.9 Å². The molecule has 0 aromatic heterocycles. The average molecular weight is 261 g/mol. The molecule has 0 bridgehead atoms. The quantitative estimate of drug-likeness (QED) is 0.484. The molecule has 1 aromatic carbocycles. The fraction of sp³-hybridized carbons (Fsp3) is 0.400. The van der Waals surface area contributed by atoms with Gasteiger partial charge in [0.1, 0.15) is 10.7 Å². The van der Waals surface area contributed by atoms with Gasteiger partial charge in [-0.2, -0.15) is 11.8 Å². The van der Waals surface area contributed by atoms with Crippen LogP contribution >= 0.6 is 23.4 Å². The number of hydrogen-bond donors (Lipinski definition) is 1. The van der Waals surface area contributed by atoms with E-state index in [2.05, 4.69) is 5.32 Å². The van der Waals surface area contributed by atoms with Gasteiger partial charge in [0.15, 0.2) is 0 Å². The molecule has 0 saturated heterocycles. The summed E-state index contributed by atoms with van der Waals surface area (Å²) in [5.74, 6) is 1.03. The van der Waals surface area contributed by atoms with Crippen LogP contribution in [0.15, 0.2) is 18.2 Å². The van der Waals surface area contributed by atoms with Gasteiger partial charge < -0.3 is 5.32 Å². The SMILES string of the molecule is CSCCCNc1cccc(Cl)c1[N+](=O)[O-]. The second kappa shape index (κ2) is 6.60. The van der Waals surface area contributed by atoms with E-state index in [0.29, 0.717) is 12.2 Å². The van der Waals surface area contributed by atoms with E-state index in [4.69, 9.17) is 11.6 Å². The number of nitrogens with zero attached hydrogens (tertiary/aromatic N) is 1. The highest BCUT2D eigenvalue weighted by molar-refractivity contribution is 7.98. The van der Waals surface area contributed by atoms with Crippen molar-refractivity contribution in [1.82, 2.24) is 0 Å². The Morgan fingerprint density at radius 2 is 2.31 bits per heavy atom. The number of nitro groups is 1. The predicted octanol–water partition coefficient (Wildman–Crippen LogP) is 3.41. The van der Waals surface area contributed by atoms with E-state index in [-0.39, 0.29) is 10.7 Å². The van der Waals surface area contributed by atoms with E-state index in [9.17, 15) is 10.1 Å². The summed E-state index contributed by atoms with van der Waals surface area (Å²) < 4.78 is 0.